The summed E-state index contributed by atoms with van der Waals surface area (Å²) < 4.78 is 1.85. The van der Waals surface area contributed by atoms with Gasteiger partial charge in [-0.1, -0.05) is 23.8 Å². The van der Waals surface area contributed by atoms with E-state index >= 15 is 0 Å². The van der Waals surface area contributed by atoms with Crippen LogP contribution in [0.2, 0.25) is 5.02 Å². The molecule has 0 unspecified atom stereocenters. The van der Waals surface area contributed by atoms with Crippen molar-refractivity contribution in [3.63, 3.8) is 0 Å². The molecule has 136 valence electrons. The lowest BCUT2D eigenvalue weighted by atomic mass is 10.0. The van der Waals surface area contributed by atoms with Gasteiger partial charge in [0.15, 0.2) is 0 Å². The first-order valence-corrected chi connectivity index (χ1v) is 9.05. The SMILES string of the molecule is N#CCCc1cc2c(/C=C/c3ccnnc3)cc(-n3ccnc3)nc2cc1Cl. The summed E-state index contributed by atoms with van der Waals surface area (Å²) in [5.41, 5.74) is 3.65. The summed E-state index contributed by atoms with van der Waals surface area (Å²) in [5, 5.41) is 18.2. The Hall–Kier alpha value is -3.56. The second-order valence-corrected chi connectivity index (χ2v) is 6.57. The molecule has 0 N–H and O–H groups in total. The van der Waals surface area contributed by atoms with Crippen molar-refractivity contribution >= 4 is 34.7 Å². The smallest absolute Gasteiger partial charge is 0.139 e. The highest BCUT2D eigenvalue weighted by atomic mass is 35.5. The number of imidazole rings is 1. The Labute approximate surface area is 166 Å². The third-order valence-corrected chi connectivity index (χ3v) is 4.68. The maximum Gasteiger partial charge on any atom is 0.139 e. The van der Waals surface area contributed by atoms with Gasteiger partial charge in [0.2, 0.25) is 0 Å². The number of nitrogens with zero attached hydrogens (tertiary/aromatic N) is 6. The van der Waals surface area contributed by atoms with Gasteiger partial charge < -0.3 is 0 Å². The first-order valence-electron chi connectivity index (χ1n) is 8.68. The molecule has 4 aromatic rings. The van der Waals surface area contributed by atoms with Crippen LogP contribution in [-0.4, -0.2) is 24.7 Å². The Morgan fingerprint density at radius 3 is 2.82 bits per heavy atom. The third kappa shape index (κ3) is 3.75. The predicted molar refractivity (Wildman–Crippen MR) is 109 cm³/mol. The Morgan fingerprint density at radius 1 is 1.14 bits per heavy atom. The highest BCUT2D eigenvalue weighted by Gasteiger charge is 2.10. The molecule has 0 aliphatic heterocycles. The molecular formula is C21H15ClN6. The van der Waals surface area contributed by atoms with E-state index < -0.39 is 0 Å². The molecule has 3 aromatic heterocycles. The fourth-order valence-electron chi connectivity index (χ4n) is 2.94. The van der Waals surface area contributed by atoms with Crippen molar-refractivity contribution in [2.45, 2.75) is 12.8 Å². The maximum absolute atomic E-state index is 8.90. The number of aryl methyl sites for hydroxylation is 1. The molecule has 4 rings (SSSR count). The van der Waals surface area contributed by atoms with Gasteiger partial charge in [-0.25, -0.2) is 9.97 Å². The standard InChI is InChI=1S/C21H15ClN6/c22-19-12-20-18(10-17(19)2-1-6-23)16(4-3-15-5-7-25-26-13-15)11-21(27-20)28-9-8-24-14-28/h3-5,7-14H,1-2H2/b4-3+. The first kappa shape index (κ1) is 17.8. The van der Waals surface area contributed by atoms with Crippen LogP contribution < -0.4 is 0 Å². The second-order valence-electron chi connectivity index (χ2n) is 6.17. The van der Waals surface area contributed by atoms with Gasteiger partial charge >= 0.3 is 0 Å². The Balaban J connectivity index is 1.87. The van der Waals surface area contributed by atoms with E-state index in [1.54, 1.807) is 24.9 Å². The third-order valence-electron chi connectivity index (χ3n) is 4.33. The van der Waals surface area contributed by atoms with Crippen LogP contribution in [0.4, 0.5) is 0 Å². The van der Waals surface area contributed by atoms with Gasteiger partial charge in [0.05, 0.1) is 24.0 Å². The molecule has 0 aliphatic carbocycles. The highest BCUT2D eigenvalue weighted by molar-refractivity contribution is 6.32. The van der Waals surface area contributed by atoms with Crippen molar-refractivity contribution in [2.75, 3.05) is 0 Å². The molecule has 1 aromatic carbocycles. The molecule has 0 aliphatic rings. The zero-order valence-corrected chi connectivity index (χ0v) is 15.6. The Bertz CT molecular complexity index is 1180. The summed E-state index contributed by atoms with van der Waals surface area (Å²) in [6, 6.07) is 9.93. The molecule has 0 spiro atoms. The molecule has 7 heteroatoms. The molecule has 0 fully saturated rings. The summed E-state index contributed by atoms with van der Waals surface area (Å²) in [6.45, 7) is 0. The van der Waals surface area contributed by atoms with Crippen LogP contribution in [0.1, 0.15) is 23.1 Å². The Kier molecular flexibility index (Phi) is 5.09. The van der Waals surface area contributed by atoms with Crippen LogP contribution in [0.3, 0.4) is 0 Å². The van der Waals surface area contributed by atoms with Crippen LogP contribution in [-0.2, 0) is 6.42 Å². The van der Waals surface area contributed by atoms with Gasteiger partial charge in [0, 0.05) is 29.2 Å². The lowest BCUT2D eigenvalue weighted by Gasteiger charge is -2.11. The van der Waals surface area contributed by atoms with E-state index in [4.69, 9.17) is 21.8 Å². The number of benzene rings is 1. The fraction of sp³-hybridized carbons (Fsp3) is 0.0952. The number of fused-ring (bicyclic) bond motifs is 1. The normalized spacial score (nSPS) is 11.1. The minimum atomic E-state index is 0.416. The average molecular weight is 387 g/mol. The molecule has 3 heterocycles. The van der Waals surface area contributed by atoms with Crippen molar-refractivity contribution in [2.24, 2.45) is 0 Å². The molecule has 6 nitrogen and oxygen atoms in total. The number of hydrogen-bond acceptors (Lipinski definition) is 5. The molecule has 28 heavy (non-hydrogen) atoms. The summed E-state index contributed by atoms with van der Waals surface area (Å²) in [5.74, 6) is 0.748. The van der Waals surface area contributed by atoms with Crippen molar-refractivity contribution < 1.29 is 0 Å². The lowest BCUT2D eigenvalue weighted by Crippen LogP contribution is -1.98. The van der Waals surface area contributed by atoms with E-state index in [1.807, 2.05) is 47.2 Å². The highest BCUT2D eigenvalue weighted by Crippen LogP contribution is 2.29. The summed E-state index contributed by atoms with van der Waals surface area (Å²) in [6.07, 6.45) is 13.6. The van der Waals surface area contributed by atoms with Crippen molar-refractivity contribution in [1.82, 2.24) is 24.7 Å². The molecule has 0 saturated carbocycles. The largest absolute Gasteiger partial charge is 0.290 e. The number of halogens is 1. The van der Waals surface area contributed by atoms with Crippen molar-refractivity contribution in [3.8, 4) is 11.9 Å². The minimum Gasteiger partial charge on any atom is -0.290 e. The number of nitriles is 1. The van der Waals surface area contributed by atoms with Crippen LogP contribution >= 0.6 is 11.6 Å². The first-order chi connectivity index (χ1) is 13.7. The number of rotatable bonds is 5. The van der Waals surface area contributed by atoms with E-state index in [-0.39, 0.29) is 0 Å². The van der Waals surface area contributed by atoms with E-state index in [0.29, 0.717) is 17.9 Å². The molecule has 0 amide bonds. The van der Waals surface area contributed by atoms with Gasteiger partial charge in [-0.05, 0) is 47.4 Å². The van der Waals surface area contributed by atoms with Crippen LogP contribution in [0.25, 0.3) is 28.9 Å². The number of aromatic nitrogens is 5. The van der Waals surface area contributed by atoms with Crippen LogP contribution in [0.15, 0.2) is 55.4 Å². The number of pyridine rings is 1. The quantitative estimate of drug-likeness (QED) is 0.504. The lowest BCUT2D eigenvalue weighted by molar-refractivity contribution is 1.00. The molecular weight excluding hydrogens is 372 g/mol. The minimum absolute atomic E-state index is 0.416. The van der Waals surface area contributed by atoms with Crippen LogP contribution in [0, 0.1) is 11.3 Å². The van der Waals surface area contributed by atoms with Gasteiger partial charge in [0.25, 0.3) is 0 Å². The van der Waals surface area contributed by atoms with Gasteiger partial charge in [-0.2, -0.15) is 15.5 Å². The molecule has 0 atom stereocenters. The zero-order valence-electron chi connectivity index (χ0n) is 14.8. The molecule has 0 bridgehead atoms. The van der Waals surface area contributed by atoms with Gasteiger partial charge in [-0.3, -0.25) is 4.57 Å². The fourth-order valence-corrected chi connectivity index (χ4v) is 3.19. The van der Waals surface area contributed by atoms with E-state index in [0.717, 1.165) is 33.4 Å². The second kappa shape index (κ2) is 7.99. The van der Waals surface area contributed by atoms with E-state index in [9.17, 15) is 0 Å². The monoisotopic (exact) mass is 386 g/mol. The van der Waals surface area contributed by atoms with E-state index in [1.165, 1.54) is 0 Å². The predicted octanol–water partition coefficient (Wildman–Crippen LogP) is 4.49. The van der Waals surface area contributed by atoms with Gasteiger partial charge in [0.1, 0.15) is 12.1 Å². The van der Waals surface area contributed by atoms with Gasteiger partial charge in [-0.15, -0.1) is 0 Å². The van der Waals surface area contributed by atoms with E-state index in [2.05, 4.69) is 21.3 Å². The number of hydrogen-bond donors (Lipinski definition) is 0. The summed E-state index contributed by atoms with van der Waals surface area (Å²) >= 11 is 6.44. The average Bonchev–Trinajstić information content (AvgIpc) is 3.26. The van der Waals surface area contributed by atoms with Crippen LogP contribution in [0.5, 0.6) is 0 Å². The summed E-state index contributed by atoms with van der Waals surface area (Å²) in [7, 11) is 0. The van der Waals surface area contributed by atoms with Crippen molar-refractivity contribution in [3.05, 3.63) is 77.1 Å². The maximum atomic E-state index is 8.90. The van der Waals surface area contributed by atoms with Crippen molar-refractivity contribution in [1.29, 1.82) is 5.26 Å². The zero-order chi connectivity index (χ0) is 19.3. The topological polar surface area (TPSA) is 80.3 Å². The Morgan fingerprint density at radius 2 is 2.07 bits per heavy atom. The molecule has 0 saturated heterocycles. The summed E-state index contributed by atoms with van der Waals surface area (Å²) in [4.78, 5) is 8.83. The molecule has 0 radical (unpaired) electrons.